The molecule has 0 saturated heterocycles. The van der Waals surface area contributed by atoms with Crippen molar-refractivity contribution in [3.63, 3.8) is 0 Å². The highest BCUT2D eigenvalue weighted by Crippen LogP contribution is 2.26. The van der Waals surface area contributed by atoms with E-state index >= 15 is 0 Å². The van der Waals surface area contributed by atoms with E-state index in [1.165, 1.54) is 6.92 Å². The van der Waals surface area contributed by atoms with Gasteiger partial charge in [0.1, 0.15) is 0 Å². The van der Waals surface area contributed by atoms with Crippen molar-refractivity contribution in [2.75, 3.05) is 5.75 Å². The molecule has 7 heteroatoms. The second-order valence-corrected chi connectivity index (χ2v) is 6.77. The van der Waals surface area contributed by atoms with Crippen molar-refractivity contribution in [3.8, 4) is 11.1 Å². The van der Waals surface area contributed by atoms with Crippen molar-refractivity contribution in [1.82, 2.24) is 9.78 Å². The van der Waals surface area contributed by atoms with Crippen LogP contribution in [0.4, 0.5) is 0 Å². The van der Waals surface area contributed by atoms with Gasteiger partial charge in [0.25, 0.3) is 0 Å². The van der Waals surface area contributed by atoms with Gasteiger partial charge in [0.05, 0.1) is 16.9 Å². The molecule has 1 heterocycles. The molecule has 0 saturated carbocycles. The minimum absolute atomic E-state index is 0.226. The molecule has 0 amide bonds. The Morgan fingerprint density at radius 1 is 1.35 bits per heavy atom. The van der Waals surface area contributed by atoms with Crippen LogP contribution in [0.25, 0.3) is 11.1 Å². The molecule has 1 aromatic carbocycles. The highest BCUT2D eigenvalue weighted by atomic mass is 32.2. The van der Waals surface area contributed by atoms with E-state index in [1.807, 2.05) is 43.5 Å². The summed E-state index contributed by atoms with van der Waals surface area (Å²) < 4.78 is 21.7. The van der Waals surface area contributed by atoms with Crippen molar-refractivity contribution < 1.29 is 18.7 Å². The van der Waals surface area contributed by atoms with Crippen LogP contribution < -0.4 is 0 Å². The summed E-state index contributed by atoms with van der Waals surface area (Å²) in [5.74, 6) is -1.37. The summed E-state index contributed by atoms with van der Waals surface area (Å²) in [4.78, 5) is 11.4. The van der Waals surface area contributed by atoms with Gasteiger partial charge in [0.15, 0.2) is 11.1 Å². The first-order valence-corrected chi connectivity index (χ1v) is 8.50. The average Bonchev–Trinajstić information content (AvgIpc) is 2.86. The fourth-order valence-electron chi connectivity index (χ4n) is 2.41. The quantitative estimate of drug-likeness (QED) is 0.758. The third kappa shape index (κ3) is 4.27. The van der Waals surface area contributed by atoms with Gasteiger partial charge >= 0.3 is 5.97 Å². The summed E-state index contributed by atoms with van der Waals surface area (Å²) >= 11 is -2.15. The van der Waals surface area contributed by atoms with Gasteiger partial charge < -0.3 is 9.66 Å². The molecule has 0 aliphatic carbocycles. The summed E-state index contributed by atoms with van der Waals surface area (Å²) in [7, 11) is 0. The average molecular weight is 336 g/mol. The van der Waals surface area contributed by atoms with Crippen LogP contribution in [0.3, 0.4) is 0 Å². The molecule has 1 unspecified atom stereocenters. The van der Waals surface area contributed by atoms with Gasteiger partial charge in [0.2, 0.25) is 0 Å². The fourth-order valence-corrected chi connectivity index (χ4v) is 3.22. The van der Waals surface area contributed by atoms with Crippen LogP contribution in [0.1, 0.15) is 19.0 Å². The topological polar surface area (TPSA) is 92.4 Å². The Bertz CT molecular complexity index is 714. The third-order valence-electron chi connectivity index (χ3n) is 3.88. The largest absolute Gasteiger partial charge is 0.481 e. The van der Waals surface area contributed by atoms with E-state index in [9.17, 15) is 14.1 Å². The zero-order valence-corrected chi connectivity index (χ0v) is 13.9. The first-order chi connectivity index (χ1) is 10.8. The van der Waals surface area contributed by atoms with E-state index in [0.29, 0.717) is 6.54 Å². The number of rotatable bonds is 7. The van der Waals surface area contributed by atoms with E-state index < -0.39 is 22.5 Å². The van der Waals surface area contributed by atoms with E-state index in [1.54, 1.807) is 4.68 Å². The third-order valence-corrected chi connectivity index (χ3v) is 4.77. The van der Waals surface area contributed by atoms with Crippen LogP contribution >= 0.6 is 0 Å². The van der Waals surface area contributed by atoms with Gasteiger partial charge in [-0.2, -0.15) is 5.10 Å². The summed E-state index contributed by atoms with van der Waals surface area (Å²) in [5, 5.41) is 13.7. The van der Waals surface area contributed by atoms with Crippen LogP contribution in [0.15, 0.2) is 36.5 Å². The molecule has 0 bridgehead atoms. The Hall–Kier alpha value is -1.99. The maximum Gasteiger partial charge on any atom is 0.310 e. The smallest absolute Gasteiger partial charge is 0.310 e. The number of hydrogen-bond donors (Lipinski definition) is 2. The number of aliphatic carboxylic acids is 1. The molecule has 124 valence electrons. The molecule has 2 atom stereocenters. The molecule has 0 radical (unpaired) electrons. The Morgan fingerprint density at radius 3 is 2.57 bits per heavy atom. The number of carboxylic acid groups (broad SMARTS) is 1. The van der Waals surface area contributed by atoms with Crippen molar-refractivity contribution >= 4 is 17.0 Å². The Morgan fingerprint density at radius 2 is 2.00 bits per heavy atom. The van der Waals surface area contributed by atoms with E-state index in [4.69, 9.17) is 4.55 Å². The molecule has 0 aliphatic heterocycles. The molecule has 2 N–H and O–H groups in total. The summed E-state index contributed by atoms with van der Waals surface area (Å²) in [6, 6.07) is 9.82. The summed E-state index contributed by atoms with van der Waals surface area (Å²) in [6.07, 6.45) is 2.10. The maximum absolute atomic E-state index is 11.4. The molecule has 23 heavy (non-hydrogen) atoms. The maximum atomic E-state index is 11.4. The Labute approximate surface area is 137 Å². The lowest BCUT2D eigenvalue weighted by Crippen LogP contribution is -2.34. The second-order valence-electron chi connectivity index (χ2n) is 5.84. The number of carboxylic acids is 1. The van der Waals surface area contributed by atoms with E-state index in [-0.39, 0.29) is 12.2 Å². The van der Waals surface area contributed by atoms with Gasteiger partial charge in [-0.05, 0) is 25.8 Å². The number of carbonyl (C=O) groups is 1. The highest BCUT2D eigenvalue weighted by Gasteiger charge is 2.35. The zero-order valence-electron chi connectivity index (χ0n) is 13.1. The van der Waals surface area contributed by atoms with E-state index in [0.717, 1.165) is 16.8 Å². The molecular weight excluding hydrogens is 316 g/mol. The predicted octanol–water partition coefficient (Wildman–Crippen LogP) is 2.56. The van der Waals surface area contributed by atoms with Gasteiger partial charge in [-0.25, -0.2) is 4.21 Å². The molecule has 6 nitrogen and oxygen atoms in total. The monoisotopic (exact) mass is 336 g/mol. The molecule has 2 aromatic rings. The van der Waals surface area contributed by atoms with Gasteiger partial charge in [0, 0.05) is 18.3 Å². The van der Waals surface area contributed by atoms with Crippen LogP contribution in [0.2, 0.25) is 0 Å². The predicted molar refractivity (Wildman–Crippen MR) is 88.4 cm³/mol. The Kier molecular flexibility index (Phi) is 5.33. The summed E-state index contributed by atoms with van der Waals surface area (Å²) in [6.45, 7) is 3.75. The molecule has 1 aromatic heterocycles. The lowest BCUT2D eigenvalue weighted by Gasteiger charge is -2.22. The number of benzene rings is 1. The first kappa shape index (κ1) is 17.4. The number of hydrogen-bond acceptors (Lipinski definition) is 3. The number of aryl methyl sites for hydroxylation is 2. The summed E-state index contributed by atoms with van der Waals surface area (Å²) in [5.41, 5.74) is 1.65. The molecular formula is C16H20N2O4S. The highest BCUT2D eigenvalue weighted by molar-refractivity contribution is 7.79. The molecule has 0 aliphatic rings. The van der Waals surface area contributed by atoms with Crippen molar-refractivity contribution in [2.45, 2.75) is 26.8 Å². The van der Waals surface area contributed by atoms with Crippen LogP contribution in [-0.2, 0) is 22.4 Å². The standard InChI is InChI=1S/C16H20N2O4S/c1-12-14(13-6-4-3-5-7-13)10-18(17-12)9-8-16(2,15(19)20)11-23(21)22/h3-7,10H,8-9,11H2,1-2H3,(H,19,20)(H,21,22)/t16-/m0/s1. The SMILES string of the molecule is Cc1nn(CC[C@@](C)(CS(=O)O)C(=O)O)cc1-c1ccccc1. The van der Waals surface area contributed by atoms with Crippen LogP contribution in [0, 0.1) is 12.3 Å². The van der Waals surface area contributed by atoms with Gasteiger partial charge in [-0.3, -0.25) is 9.48 Å². The normalized spacial score (nSPS) is 15.1. The minimum atomic E-state index is -2.15. The lowest BCUT2D eigenvalue weighted by atomic mass is 9.89. The van der Waals surface area contributed by atoms with E-state index in [2.05, 4.69) is 5.10 Å². The number of aromatic nitrogens is 2. The van der Waals surface area contributed by atoms with Crippen LogP contribution in [-0.4, -0.2) is 35.4 Å². The van der Waals surface area contributed by atoms with Crippen molar-refractivity contribution in [1.29, 1.82) is 0 Å². The second kappa shape index (κ2) is 7.06. The van der Waals surface area contributed by atoms with Crippen molar-refractivity contribution in [3.05, 3.63) is 42.2 Å². The van der Waals surface area contributed by atoms with Crippen molar-refractivity contribution in [2.24, 2.45) is 5.41 Å². The number of nitrogens with zero attached hydrogens (tertiary/aromatic N) is 2. The Balaban J connectivity index is 2.15. The zero-order chi connectivity index (χ0) is 17.0. The van der Waals surface area contributed by atoms with Gasteiger partial charge in [-0.1, -0.05) is 30.3 Å². The van der Waals surface area contributed by atoms with Crippen LogP contribution in [0.5, 0.6) is 0 Å². The minimum Gasteiger partial charge on any atom is -0.481 e. The van der Waals surface area contributed by atoms with Gasteiger partial charge in [-0.15, -0.1) is 0 Å². The lowest BCUT2D eigenvalue weighted by molar-refractivity contribution is -0.147. The molecule has 0 fully saturated rings. The fraction of sp³-hybridized carbons (Fsp3) is 0.375. The first-order valence-electron chi connectivity index (χ1n) is 7.22. The molecule has 0 spiro atoms. The molecule has 2 rings (SSSR count).